The summed E-state index contributed by atoms with van der Waals surface area (Å²) in [6, 6.07) is 6.33. The number of nitrogens with zero attached hydrogens (tertiary/aromatic N) is 5. The molecule has 4 aromatic rings. The van der Waals surface area contributed by atoms with E-state index in [9.17, 15) is 15.3 Å². The van der Waals surface area contributed by atoms with E-state index >= 15 is 8.78 Å². The van der Waals surface area contributed by atoms with Crippen LogP contribution in [0.2, 0.25) is 0 Å². The van der Waals surface area contributed by atoms with Crippen molar-refractivity contribution in [3.8, 4) is 23.0 Å². The van der Waals surface area contributed by atoms with Gasteiger partial charge in [0.05, 0.1) is 37.9 Å². The molecule has 2 aromatic heterocycles. The van der Waals surface area contributed by atoms with E-state index in [2.05, 4.69) is 14.6 Å². The highest BCUT2D eigenvalue weighted by Crippen LogP contribution is 2.61. The van der Waals surface area contributed by atoms with Crippen molar-refractivity contribution in [1.29, 1.82) is 0 Å². The second-order valence-corrected chi connectivity index (χ2v) is 17.2. The lowest BCUT2D eigenvalue weighted by Gasteiger charge is -2.46. The third-order valence-corrected chi connectivity index (χ3v) is 13.1. The molecule has 1 saturated carbocycles. The van der Waals surface area contributed by atoms with Crippen LogP contribution < -0.4 is 9.64 Å². The smallest absolute Gasteiger partial charge is 0.319 e. The molecule has 0 radical (unpaired) electrons. The summed E-state index contributed by atoms with van der Waals surface area (Å²) >= 11 is 0. The van der Waals surface area contributed by atoms with Crippen molar-refractivity contribution in [1.82, 2.24) is 19.6 Å². The highest BCUT2D eigenvalue weighted by Gasteiger charge is 2.51. The van der Waals surface area contributed by atoms with Gasteiger partial charge in [0.15, 0.2) is 5.82 Å². The second-order valence-electron chi connectivity index (χ2n) is 14.8. The van der Waals surface area contributed by atoms with Crippen molar-refractivity contribution < 1.29 is 33.6 Å². The fraction of sp³-hybridized carbons (Fsp3) is 0.541. The van der Waals surface area contributed by atoms with Gasteiger partial charge in [-0.15, -0.1) is 0 Å². The molecule has 4 aliphatic rings. The molecule has 0 amide bonds. The number of aryl methyl sites for hydroxylation is 1. The number of piperidine rings is 1. The number of halogens is 2. The third-order valence-electron chi connectivity index (χ3n) is 11.1. The topological polar surface area (TPSA) is 124 Å². The summed E-state index contributed by atoms with van der Waals surface area (Å²) in [6.45, 7) is 5.03. The Bertz CT molecular complexity index is 1950. The molecule has 0 bridgehead atoms. The lowest BCUT2D eigenvalue weighted by atomic mass is 9.76. The molecule has 3 saturated heterocycles. The molecule has 10 nitrogen and oxygen atoms in total. The highest BCUT2D eigenvalue weighted by atomic mass is 31.1. The zero-order valence-corrected chi connectivity index (χ0v) is 29.4. The van der Waals surface area contributed by atoms with Gasteiger partial charge < -0.3 is 29.7 Å². The zero-order chi connectivity index (χ0) is 34.8. The molecule has 3 aliphatic heterocycles. The Hall–Kier alpha value is -3.28. The molecule has 4 fully saturated rings. The van der Waals surface area contributed by atoms with Crippen molar-refractivity contribution in [2.75, 3.05) is 56.7 Å². The lowest BCUT2D eigenvalue weighted by molar-refractivity contribution is -0.0528. The third kappa shape index (κ3) is 6.06. The number of phenolic OH excluding ortho intramolecular Hbond substituents is 1. The number of β-amino-alcohol motifs (C(OH)–C–C–N with tert-alkyl or cyclic N) is 1. The molecule has 266 valence electrons. The number of fused-ring (bicyclic) bond motifs is 3. The number of phenols is 1. The molecule has 4 unspecified atom stereocenters. The Balaban J connectivity index is 1.26. The van der Waals surface area contributed by atoms with Gasteiger partial charge in [-0.25, -0.2) is 8.78 Å². The molecule has 8 rings (SSSR count). The highest BCUT2D eigenvalue weighted by molar-refractivity contribution is 7.62. The standard InChI is InChI=1S/C37H44F2N5O5P/c1-3-25-28(38)8-7-22-14-23(46)15-26(30(22)25)32-31(39)33-27(16-40-32)34(43-17-24(18-45)48-20-36(2,47)19-43)42-35(41-33)49-21-37-9-4-6-29(37)44(11-5-10-37)50-12-13-50/h7-8,14-16,24,29,45-47H,3-6,9-13,17-21H2,1-2H3. The van der Waals surface area contributed by atoms with Crippen LogP contribution in [0.25, 0.3) is 32.9 Å². The number of aliphatic hydroxyl groups excluding tert-OH is 1. The fourth-order valence-electron chi connectivity index (χ4n) is 8.65. The number of anilines is 1. The van der Waals surface area contributed by atoms with Crippen molar-refractivity contribution in [3.05, 3.63) is 47.7 Å². The van der Waals surface area contributed by atoms with E-state index in [1.54, 1.807) is 17.9 Å². The molecule has 2 aromatic carbocycles. The van der Waals surface area contributed by atoms with E-state index in [0.29, 0.717) is 41.2 Å². The molecule has 3 N–H and O–H groups in total. The van der Waals surface area contributed by atoms with Crippen molar-refractivity contribution >= 4 is 35.6 Å². The van der Waals surface area contributed by atoms with E-state index in [-0.39, 0.29) is 73.7 Å². The summed E-state index contributed by atoms with van der Waals surface area (Å²) < 4.78 is 47.2. The number of hydrogen-bond donors (Lipinski definition) is 3. The van der Waals surface area contributed by atoms with Crippen molar-refractivity contribution in [2.24, 2.45) is 5.41 Å². The first kappa shape index (κ1) is 33.8. The van der Waals surface area contributed by atoms with Crippen LogP contribution in [-0.2, 0) is 11.2 Å². The average molecular weight is 708 g/mol. The fourth-order valence-corrected chi connectivity index (χ4v) is 10.7. The predicted octanol–water partition coefficient (Wildman–Crippen LogP) is 5.76. The molecule has 50 heavy (non-hydrogen) atoms. The summed E-state index contributed by atoms with van der Waals surface area (Å²) in [7, 11) is -0.0178. The number of ether oxygens (including phenoxy) is 2. The maximum atomic E-state index is 17.1. The Morgan fingerprint density at radius 1 is 1.14 bits per heavy atom. The van der Waals surface area contributed by atoms with Crippen LogP contribution in [0.15, 0.2) is 30.5 Å². The summed E-state index contributed by atoms with van der Waals surface area (Å²) in [5.41, 5.74) is -0.792. The summed E-state index contributed by atoms with van der Waals surface area (Å²) in [4.78, 5) is 15.8. The van der Waals surface area contributed by atoms with Gasteiger partial charge in [0.2, 0.25) is 0 Å². The minimum absolute atomic E-state index is 0.00169. The minimum Gasteiger partial charge on any atom is -0.508 e. The van der Waals surface area contributed by atoms with Gasteiger partial charge in [0, 0.05) is 36.3 Å². The largest absolute Gasteiger partial charge is 0.508 e. The van der Waals surface area contributed by atoms with Gasteiger partial charge in [-0.1, -0.05) is 19.4 Å². The van der Waals surface area contributed by atoms with Gasteiger partial charge in [-0.2, -0.15) is 9.97 Å². The molecule has 13 heteroatoms. The van der Waals surface area contributed by atoms with Crippen LogP contribution in [0.1, 0.15) is 51.5 Å². The summed E-state index contributed by atoms with van der Waals surface area (Å²) in [5, 5.41) is 33.2. The van der Waals surface area contributed by atoms with E-state index in [4.69, 9.17) is 14.5 Å². The van der Waals surface area contributed by atoms with Crippen LogP contribution in [0.5, 0.6) is 11.8 Å². The summed E-state index contributed by atoms with van der Waals surface area (Å²) in [5.74, 6) is -0.976. The van der Waals surface area contributed by atoms with Crippen LogP contribution in [0.3, 0.4) is 0 Å². The van der Waals surface area contributed by atoms with Crippen molar-refractivity contribution in [2.45, 2.75) is 70.1 Å². The first-order valence-corrected chi connectivity index (χ1v) is 19.4. The number of aromatic hydroxyl groups is 1. The van der Waals surface area contributed by atoms with Gasteiger partial charge in [-0.3, -0.25) is 9.65 Å². The van der Waals surface area contributed by atoms with Crippen LogP contribution in [0, 0.1) is 17.0 Å². The molecular formula is C37H44F2N5O5P. The first-order valence-electron chi connectivity index (χ1n) is 17.7. The van der Waals surface area contributed by atoms with E-state index in [1.807, 2.05) is 6.92 Å². The molecule has 5 heterocycles. The number of rotatable bonds is 8. The molecule has 4 atom stereocenters. The molecule has 1 aliphatic carbocycles. The average Bonchev–Trinajstić information content (AvgIpc) is 3.88. The van der Waals surface area contributed by atoms with Crippen molar-refractivity contribution in [3.63, 3.8) is 0 Å². The predicted molar refractivity (Wildman–Crippen MR) is 189 cm³/mol. The number of hydrogen-bond acceptors (Lipinski definition) is 10. The van der Waals surface area contributed by atoms with E-state index in [1.165, 1.54) is 36.7 Å². The van der Waals surface area contributed by atoms with Gasteiger partial charge >= 0.3 is 6.01 Å². The van der Waals surface area contributed by atoms with Gasteiger partial charge in [0.25, 0.3) is 0 Å². The zero-order valence-electron chi connectivity index (χ0n) is 28.5. The first-order chi connectivity index (χ1) is 24.1. The molecule has 0 spiro atoms. The number of aliphatic hydroxyl groups is 2. The maximum Gasteiger partial charge on any atom is 0.319 e. The monoisotopic (exact) mass is 707 g/mol. The van der Waals surface area contributed by atoms with Crippen LogP contribution >= 0.6 is 8.07 Å². The number of benzene rings is 2. The quantitative estimate of drug-likeness (QED) is 0.195. The normalized spacial score (nSPS) is 27.5. The number of pyridine rings is 1. The van der Waals surface area contributed by atoms with Crippen LogP contribution in [0.4, 0.5) is 14.6 Å². The number of aromatic nitrogens is 3. The maximum absolute atomic E-state index is 17.1. The Kier molecular flexibility index (Phi) is 8.83. The Labute approximate surface area is 291 Å². The Morgan fingerprint density at radius 2 is 1.96 bits per heavy atom. The minimum atomic E-state index is -1.29. The van der Waals surface area contributed by atoms with Gasteiger partial charge in [0.1, 0.15) is 34.2 Å². The lowest BCUT2D eigenvalue weighted by Crippen LogP contribution is -2.49. The van der Waals surface area contributed by atoms with E-state index in [0.717, 1.165) is 38.6 Å². The van der Waals surface area contributed by atoms with Gasteiger partial charge in [-0.05, 0) is 94.0 Å². The SMILES string of the molecule is CCc1c(F)ccc2cc(O)cc(-c3ncc4c(N5CC(CO)OCC(C)(O)C5)nc(OCC56CCCC5N(P5CC5)CCC6)nc4c3F)c12. The summed E-state index contributed by atoms with van der Waals surface area (Å²) in [6.07, 6.45) is 9.38. The molecular weight excluding hydrogens is 663 g/mol. The van der Waals surface area contributed by atoms with E-state index < -0.39 is 23.3 Å². The van der Waals surface area contributed by atoms with Crippen LogP contribution in [-0.4, -0.2) is 104 Å². The Morgan fingerprint density at radius 3 is 2.74 bits per heavy atom. The second kappa shape index (κ2) is 13.0.